The molecule has 0 aliphatic rings. The lowest BCUT2D eigenvalue weighted by molar-refractivity contribution is -0.191. The Balaban J connectivity index is 0.00000169. The summed E-state index contributed by atoms with van der Waals surface area (Å²) in [5.74, 6) is -0.758. The number of Topliss-reactive ketones (excluding diaryl/α,β-unsaturated/α-hetero) is 2. The van der Waals surface area contributed by atoms with Crippen LogP contribution in [0, 0.1) is 11.8 Å². The van der Waals surface area contributed by atoms with Crippen LogP contribution in [-0.2, 0) is 35.3 Å². The summed E-state index contributed by atoms with van der Waals surface area (Å²) in [6.07, 6.45) is 2.73. The fraction of sp³-hybridized carbons (Fsp3) is 0.263. The summed E-state index contributed by atoms with van der Waals surface area (Å²) in [6, 6.07) is 29.1. The van der Waals surface area contributed by atoms with Crippen molar-refractivity contribution >= 4 is 23.7 Å². The van der Waals surface area contributed by atoms with Gasteiger partial charge >= 0.3 is 12.1 Å². The topological polar surface area (TPSA) is 106 Å². The van der Waals surface area contributed by atoms with Crippen molar-refractivity contribution in [2.24, 2.45) is 11.8 Å². The fourth-order valence-electron chi connectivity index (χ4n) is 5.08. The van der Waals surface area contributed by atoms with Gasteiger partial charge in [0.05, 0.1) is 5.56 Å². The maximum atomic E-state index is 13.2. The summed E-state index contributed by atoms with van der Waals surface area (Å²) in [4.78, 5) is 53.9. The van der Waals surface area contributed by atoms with E-state index < -0.39 is 5.97 Å². The molecule has 6 heteroatoms. The Bertz CT molecular complexity index is 1620. The van der Waals surface area contributed by atoms with Gasteiger partial charge in [0, 0.05) is 23.5 Å². The Morgan fingerprint density at radius 3 is 1.68 bits per heavy atom. The number of carbonyl (C=O) groups is 3. The molecule has 0 spiro atoms. The first-order chi connectivity index (χ1) is 21.0. The van der Waals surface area contributed by atoms with Crippen molar-refractivity contribution in [3.05, 3.63) is 141 Å². The van der Waals surface area contributed by atoms with Crippen molar-refractivity contribution in [2.75, 3.05) is 0 Å². The van der Waals surface area contributed by atoms with E-state index in [9.17, 15) is 19.5 Å². The molecule has 0 aliphatic carbocycles. The van der Waals surface area contributed by atoms with E-state index in [1.165, 1.54) is 11.1 Å². The van der Waals surface area contributed by atoms with E-state index in [2.05, 4.69) is 38.1 Å². The molecule has 0 heterocycles. The molecule has 0 aliphatic heterocycles. The van der Waals surface area contributed by atoms with Gasteiger partial charge in [-0.05, 0) is 70.7 Å². The number of aromatic carboxylic acids is 1. The maximum Gasteiger partial charge on any atom is 0.373 e. The molecule has 0 fully saturated rings. The van der Waals surface area contributed by atoms with E-state index in [1.54, 1.807) is 24.3 Å². The van der Waals surface area contributed by atoms with Crippen LogP contribution in [0.2, 0.25) is 0 Å². The highest BCUT2D eigenvalue weighted by atomic mass is 16.4. The van der Waals surface area contributed by atoms with E-state index in [1.807, 2.05) is 56.3 Å². The van der Waals surface area contributed by atoms with Crippen molar-refractivity contribution < 1.29 is 29.1 Å². The van der Waals surface area contributed by atoms with E-state index in [0.717, 1.165) is 35.1 Å². The number of carboxylic acids is 1. The van der Waals surface area contributed by atoms with Gasteiger partial charge in [-0.3, -0.25) is 9.59 Å². The Labute approximate surface area is 258 Å². The third-order valence-electron chi connectivity index (χ3n) is 7.22. The molecule has 0 aromatic heterocycles. The van der Waals surface area contributed by atoms with Crippen LogP contribution in [0.4, 0.5) is 0 Å². The van der Waals surface area contributed by atoms with Gasteiger partial charge in [-0.1, -0.05) is 107 Å². The zero-order chi connectivity index (χ0) is 32.2. The van der Waals surface area contributed by atoms with Gasteiger partial charge in [-0.15, -0.1) is 0 Å². The average Bonchev–Trinajstić information content (AvgIpc) is 2.99. The Kier molecular flexibility index (Phi) is 12.3. The van der Waals surface area contributed by atoms with Gasteiger partial charge in [-0.25, -0.2) is 4.79 Å². The van der Waals surface area contributed by atoms with Crippen molar-refractivity contribution in [3.63, 3.8) is 0 Å². The van der Waals surface area contributed by atoms with Crippen LogP contribution in [0.15, 0.2) is 91.0 Å². The van der Waals surface area contributed by atoms with Crippen molar-refractivity contribution in [2.45, 2.75) is 53.4 Å². The Morgan fingerprint density at radius 2 is 1.14 bits per heavy atom. The lowest BCUT2D eigenvalue weighted by Gasteiger charge is -2.11. The van der Waals surface area contributed by atoms with Crippen molar-refractivity contribution in [1.29, 1.82) is 0 Å². The molecule has 0 saturated heterocycles. The summed E-state index contributed by atoms with van der Waals surface area (Å²) < 4.78 is 0. The molecule has 0 amide bonds. The first kappa shape index (κ1) is 33.6. The third-order valence-corrected chi connectivity index (χ3v) is 7.22. The molecule has 0 saturated carbocycles. The molecule has 4 rings (SSSR count). The second kappa shape index (κ2) is 16.1. The largest absolute Gasteiger partial charge is 0.478 e. The van der Waals surface area contributed by atoms with E-state index in [4.69, 9.17) is 9.59 Å². The maximum absolute atomic E-state index is 13.2. The minimum Gasteiger partial charge on any atom is -0.478 e. The van der Waals surface area contributed by atoms with Crippen LogP contribution >= 0.6 is 0 Å². The molecule has 6 nitrogen and oxygen atoms in total. The molecule has 1 N–H and O–H groups in total. The predicted molar refractivity (Wildman–Crippen MR) is 169 cm³/mol. The summed E-state index contributed by atoms with van der Waals surface area (Å²) in [6.45, 7) is 8.17. The predicted octanol–water partition coefficient (Wildman–Crippen LogP) is 7.45. The number of ketones is 2. The van der Waals surface area contributed by atoms with Crippen LogP contribution in [0.1, 0.15) is 92.1 Å². The van der Waals surface area contributed by atoms with E-state index >= 15 is 0 Å². The summed E-state index contributed by atoms with van der Waals surface area (Å²) in [5, 5.41) is 9.89. The third kappa shape index (κ3) is 9.82. The van der Waals surface area contributed by atoms with Crippen LogP contribution in [0.3, 0.4) is 0 Å². The first-order valence-corrected chi connectivity index (χ1v) is 14.7. The van der Waals surface area contributed by atoms with Gasteiger partial charge in [0.25, 0.3) is 0 Å². The lowest BCUT2D eigenvalue weighted by atomic mass is 9.93. The minimum atomic E-state index is -1.13. The number of rotatable bonds is 12. The molecule has 4 aromatic rings. The van der Waals surface area contributed by atoms with Crippen LogP contribution in [-0.4, -0.2) is 28.8 Å². The van der Waals surface area contributed by atoms with E-state index in [0.29, 0.717) is 17.9 Å². The minimum absolute atomic E-state index is 0.000514. The van der Waals surface area contributed by atoms with Gasteiger partial charge in [0.15, 0.2) is 11.6 Å². The van der Waals surface area contributed by atoms with Crippen molar-refractivity contribution in [3.8, 4) is 0 Å². The zero-order valence-electron chi connectivity index (χ0n) is 25.6. The molecule has 0 radical (unpaired) electrons. The number of benzene rings is 4. The highest BCUT2D eigenvalue weighted by Gasteiger charge is 2.18. The summed E-state index contributed by atoms with van der Waals surface area (Å²) in [5.41, 5.74) is 7.13. The normalized spacial score (nSPS) is 10.6. The summed E-state index contributed by atoms with van der Waals surface area (Å²) in [7, 11) is 0. The second-order valence-electron chi connectivity index (χ2n) is 11.7. The monoisotopic (exact) mass is 590 g/mol. The quantitative estimate of drug-likeness (QED) is 0.172. The van der Waals surface area contributed by atoms with Crippen LogP contribution in [0.25, 0.3) is 0 Å². The van der Waals surface area contributed by atoms with Gasteiger partial charge in [0.2, 0.25) is 0 Å². The lowest BCUT2D eigenvalue weighted by Crippen LogP contribution is -2.12. The Hall–Kier alpha value is -4.93. The average molecular weight is 591 g/mol. The summed E-state index contributed by atoms with van der Waals surface area (Å²) >= 11 is 0. The van der Waals surface area contributed by atoms with Crippen LogP contribution in [0.5, 0.6) is 0 Å². The molecule has 0 bridgehead atoms. The molecule has 0 atom stereocenters. The fourth-order valence-corrected chi connectivity index (χ4v) is 5.08. The number of carbonyl (C=O) groups excluding carboxylic acids is 4. The Morgan fingerprint density at radius 1 is 0.636 bits per heavy atom. The zero-order valence-corrected chi connectivity index (χ0v) is 25.6. The smallest absolute Gasteiger partial charge is 0.373 e. The number of hydrogen-bond donors (Lipinski definition) is 1. The highest BCUT2D eigenvalue weighted by Crippen LogP contribution is 2.21. The molecule has 44 heavy (non-hydrogen) atoms. The molecule has 4 aromatic carbocycles. The number of carboxylic acid groups (broad SMARTS) is 1. The molecule has 226 valence electrons. The molecule has 0 unspecified atom stereocenters. The van der Waals surface area contributed by atoms with Gasteiger partial charge in [-0.2, -0.15) is 9.59 Å². The molecular weight excluding hydrogens is 552 g/mol. The molecular formula is C38H38O6. The van der Waals surface area contributed by atoms with Crippen molar-refractivity contribution in [1.82, 2.24) is 0 Å². The van der Waals surface area contributed by atoms with E-state index in [-0.39, 0.29) is 41.2 Å². The van der Waals surface area contributed by atoms with Crippen LogP contribution < -0.4 is 0 Å². The second-order valence-corrected chi connectivity index (χ2v) is 11.7. The van der Waals surface area contributed by atoms with Gasteiger partial charge < -0.3 is 5.11 Å². The SMILES string of the molecule is CC(C)Cc1ccc(Cc2ccc(CC(=O)c3ccc(Cc4cccc(C(=O)C(C)C)c4)cc3C(=O)O)cc2)cc1.O=C=O. The van der Waals surface area contributed by atoms with Gasteiger partial charge in [0.1, 0.15) is 0 Å². The first-order valence-electron chi connectivity index (χ1n) is 14.7. The standard InChI is InChI=1S/C37H38O4.CO2/c1-24(2)18-26-8-10-27(11-9-26)19-28-12-14-29(15-13-28)23-35(38)33-17-16-31(22-34(33)37(40)41)20-30-6-5-7-32(21-30)36(39)25(3)4;2-1-3/h5-17,21-22,24-25H,18-20,23H2,1-4H3,(H,40,41);. The number of hydrogen-bond acceptors (Lipinski definition) is 5. The highest BCUT2D eigenvalue weighted by molar-refractivity contribution is 6.06.